The number of hydrogen-bond donors (Lipinski definition) is 2. The van der Waals surface area contributed by atoms with E-state index in [1.807, 2.05) is 7.05 Å². The van der Waals surface area contributed by atoms with Crippen molar-refractivity contribution in [3.8, 4) is 0 Å². The smallest absolute Gasteiger partial charge is 0.234 e. The first-order chi connectivity index (χ1) is 13.5. The highest BCUT2D eigenvalue weighted by Gasteiger charge is 2.25. The molecule has 1 amide bonds. The van der Waals surface area contributed by atoms with E-state index < -0.39 is 0 Å². The summed E-state index contributed by atoms with van der Waals surface area (Å²) < 4.78 is 10.5. The zero-order valence-corrected chi connectivity index (χ0v) is 17.9. The van der Waals surface area contributed by atoms with Crippen molar-refractivity contribution in [2.75, 3.05) is 86.3 Å². The molecule has 0 aliphatic carbocycles. The minimum Gasteiger partial charge on any atom is -0.383 e. The summed E-state index contributed by atoms with van der Waals surface area (Å²) in [6, 6.07) is 0.874. The van der Waals surface area contributed by atoms with Gasteiger partial charge in [-0.25, -0.2) is 0 Å². The molecule has 0 bridgehead atoms. The fourth-order valence-electron chi connectivity index (χ4n) is 3.75. The zero-order chi connectivity index (χ0) is 20.4. The van der Waals surface area contributed by atoms with E-state index in [1.54, 1.807) is 7.11 Å². The lowest BCUT2D eigenvalue weighted by Crippen LogP contribution is -2.56. The average molecular weight is 399 g/mol. The predicted octanol–water partition coefficient (Wildman–Crippen LogP) is -0.949. The Labute approximate surface area is 169 Å². The van der Waals surface area contributed by atoms with Crippen LogP contribution in [-0.2, 0) is 14.3 Å². The summed E-state index contributed by atoms with van der Waals surface area (Å²) in [6.45, 7) is 12.9. The molecule has 2 saturated heterocycles. The molecule has 28 heavy (non-hydrogen) atoms. The molecule has 9 nitrogen and oxygen atoms in total. The van der Waals surface area contributed by atoms with E-state index in [-0.39, 0.29) is 5.91 Å². The second kappa shape index (κ2) is 12.2. The van der Waals surface area contributed by atoms with Crippen molar-refractivity contribution in [3.63, 3.8) is 0 Å². The SMILES string of the molecule is CN=C(NCC(C)N1CCOCC1C)N1CCN(CC(=O)NCCOC)CC1. The van der Waals surface area contributed by atoms with Crippen LogP contribution in [0.4, 0.5) is 0 Å². The van der Waals surface area contributed by atoms with Crippen LogP contribution in [0.2, 0.25) is 0 Å². The van der Waals surface area contributed by atoms with E-state index in [4.69, 9.17) is 9.47 Å². The number of piperazine rings is 1. The number of hydrogen-bond acceptors (Lipinski definition) is 6. The Kier molecular flexibility index (Phi) is 9.97. The lowest BCUT2D eigenvalue weighted by Gasteiger charge is -2.39. The number of nitrogens with zero attached hydrogens (tertiary/aromatic N) is 4. The molecule has 2 atom stereocenters. The van der Waals surface area contributed by atoms with Gasteiger partial charge in [0, 0.05) is 72.1 Å². The van der Waals surface area contributed by atoms with Crippen LogP contribution in [0.15, 0.2) is 4.99 Å². The molecule has 2 aliphatic rings. The monoisotopic (exact) mass is 398 g/mol. The lowest BCUT2D eigenvalue weighted by atomic mass is 10.2. The van der Waals surface area contributed by atoms with Crippen molar-refractivity contribution in [1.82, 2.24) is 25.3 Å². The van der Waals surface area contributed by atoms with Crippen LogP contribution in [-0.4, -0.2) is 125 Å². The van der Waals surface area contributed by atoms with Crippen molar-refractivity contribution in [2.45, 2.75) is 25.9 Å². The Hall–Kier alpha value is -1.42. The number of nitrogens with one attached hydrogen (secondary N) is 2. The number of rotatable bonds is 8. The van der Waals surface area contributed by atoms with Gasteiger partial charge in [0.2, 0.25) is 5.91 Å². The molecule has 0 spiro atoms. The number of morpholine rings is 1. The minimum atomic E-state index is 0.0569. The summed E-state index contributed by atoms with van der Waals surface area (Å²) in [5, 5.41) is 6.40. The van der Waals surface area contributed by atoms with Gasteiger partial charge >= 0.3 is 0 Å². The average Bonchev–Trinajstić information content (AvgIpc) is 2.70. The summed E-state index contributed by atoms with van der Waals surface area (Å²) in [6.07, 6.45) is 0. The maximum atomic E-state index is 11.9. The standard InChI is InChI=1S/C19H38N6O3/c1-16(25-10-12-28-15-17(25)2)13-22-19(20-3)24-8-6-23(7-9-24)14-18(26)21-5-11-27-4/h16-17H,5-15H2,1-4H3,(H,20,22)(H,21,26). The molecule has 2 rings (SSSR count). The van der Waals surface area contributed by atoms with Crippen LogP contribution >= 0.6 is 0 Å². The summed E-state index contributed by atoms with van der Waals surface area (Å²) in [4.78, 5) is 23.3. The molecule has 2 heterocycles. The number of ether oxygens (including phenoxy) is 2. The number of carbonyl (C=O) groups is 1. The number of guanidine groups is 1. The molecule has 2 fully saturated rings. The quantitative estimate of drug-likeness (QED) is 0.310. The van der Waals surface area contributed by atoms with Crippen LogP contribution in [0.3, 0.4) is 0 Å². The van der Waals surface area contributed by atoms with Crippen LogP contribution in [0.5, 0.6) is 0 Å². The van der Waals surface area contributed by atoms with E-state index in [1.165, 1.54) is 0 Å². The summed E-state index contributed by atoms with van der Waals surface area (Å²) >= 11 is 0. The first-order valence-corrected chi connectivity index (χ1v) is 10.3. The van der Waals surface area contributed by atoms with Crippen molar-refractivity contribution in [3.05, 3.63) is 0 Å². The third kappa shape index (κ3) is 7.20. The Morgan fingerprint density at radius 3 is 2.64 bits per heavy atom. The van der Waals surface area contributed by atoms with E-state index >= 15 is 0 Å². The zero-order valence-electron chi connectivity index (χ0n) is 17.9. The summed E-state index contributed by atoms with van der Waals surface area (Å²) in [5.41, 5.74) is 0. The Morgan fingerprint density at radius 2 is 2.00 bits per heavy atom. The maximum Gasteiger partial charge on any atom is 0.234 e. The predicted molar refractivity (Wildman–Crippen MR) is 111 cm³/mol. The van der Waals surface area contributed by atoms with Gasteiger partial charge in [-0.05, 0) is 13.8 Å². The van der Waals surface area contributed by atoms with Crippen molar-refractivity contribution in [2.24, 2.45) is 4.99 Å². The normalized spacial score (nSPS) is 23.5. The number of amides is 1. The molecule has 2 N–H and O–H groups in total. The van der Waals surface area contributed by atoms with Gasteiger partial charge in [-0.1, -0.05) is 0 Å². The summed E-state index contributed by atoms with van der Waals surface area (Å²) in [7, 11) is 3.47. The fourth-order valence-corrected chi connectivity index (χ4v) is 3.75. The Balaban J connectivity index is 1.70. The Bertz CT molecular complexity index is 496. The van der Waals surface area contributed by atoms with Crippen LogP contribution in [0.25, 0.3) is 0 Å². The van der Waals surface area contributed by atoms with Gasteiger partial charge in [0.25, 0.3) is 0 Å². The molecule has 0 radical (unpaired) electrons. The van der Waals surface area contributed by atoms with Gasteiger partial charge in [-0.2, -0.15) is 0 Å². The second-order valence-electron chi connectivity index (χ2n) is 7.54. The van der Waals surface area contributed by atoms with E-state index in [0.717, 1.165) is 58.4 Å². The third-order valence-corrected chi connectivity index (χ3v) is 5.42. The van der Waals surface area contributed by atoms with Gasteiger partial charge in [-0.3, -0.25) is 19.6 Å². The molecule has 0 aromatic carbocycles. The Morgan fingerprint density at radius 1 is 1.25 bits per heavy atom. The number of methoxy groups -OCH3 is 1. The largest absolute Gasteiger partial charge is 0.383 e. The molecule has 9 heteroatoms. The highest BCUT2D eigenvalue weighted by Crippen LogP contribution is 2.10. The van der Waals surface area contributed by atoms with Gasteiger partial charge in [0.05, 0.1) is 26.4 Å². The van der Waals surface area contributed by atoms with Gasteiger partial charge in [0.1, 0.15) is 0 Å². The first-order valence-electron chi connectivity index (χ1n) is 10.3. The van der Waals surface area contributed by atoms with E-state index in [0.29, 0.717) is 31.8 Å². The minimum absolute atomic E-state index is 0.0569. The van der Waals surface area contributed by atoms with Gasteiger partial charge in [-0.15, -0.1) is 0 Å². The van der Waals surface area contributed by atoms with Crippen molar-refractivity contribution < 1.29 is 14.3 Å². The molecule has 162 valence electrons. The molecular weight excluding hydrogens is 360 g/mol. The van der Waals surface area contributed by atoms with Gasteiger partial charge in [0.15, 0.2) is 5.96 Å². The summed E-state index contributed by atoms with van der Waals surface area (Å²) in [5.74, 6) is 0.999. The number of aliphatic imine (C=N–C) groups is 1. The topological polar surface area (TPSA) is 81.7 Å². The fraction of sp³-hybridized carbons (Fsp3) is 0.895. The molecular formula is C19H38N6O3. The molecule has 2 aliphatic heterocycles. The third-order valence-electron chi connectivity index (χ3n) is 5.42. The highest BCUT2D eigenvalue weighted by atomic mass is 16.5. The number of carbonyl (C=O) groups excluding carboxylic acids is 1. The molecule has 2 unspecified atom stereocenters. The molecule has 0 saturated carbocycles. The van der Waals surface area contributed by atoms with Crippen LogP contribution < -0.4 is 10.6 Å². The molecule has 0 aromatic rings. The van der Waals surface area contributed by atoms with E-state index in [2.05, 4.69) is 44.2 Å². The van der Waals surface area contributed by atoms with E-state index in [9.17, 15) is 4.79 Å². The van der Waals surface area contributed by atoms with Crippen molar-refractivity contribution in [1.29, 1.82) is 0 Å². The van der Waals surface area contributed by atoms with Crippen LogP contribution in [0.1, 0.15) is 13.8 Å². The lowest BCUT2D eigenvalue weighted by molar-refractivity contribution is -0.122. The molecule has 0 aromatic heterocycles. The first kappa shape index (κ1) is 22.9. The van der Waals surface area contributed by atoms with Crippen molar-refractivity contribution >= 4 is 11.9 Å². The highest BCUT2D eigenvalue weighted by molar-refractivity contribution is 5.80. The van der Waals surface area contributed by atoms with Gasteiger partial charge < -0.3 is 25.0 Å². The van der Waals surface area contributed by atoms with Crippen LogP contribution in [0, 0.1) is 0 Å². The second-order valence-corrected chi connectivity index (χ2v) is 7.54. The maximum absolute atomic E-state index is 11.9.